The Balaban J connectivity index is 4.34. The van der Waals surface area contributed by atoms with Crippen molar-refractivity contribution >= 4 is 11.9 Å². The standard InChI is InChI=1S/C59H102O5/c1-4-7-10-13-16-19-22-25-27-29-31-33-36-39-42-45-48-51-54-62-55-57(64-59(61)53-50-47-44-41-38-34-24-21-18-15-12-9-6-3)56-63-58(60)52-49-46-43-40-37-35-32-30-28-26-23-20-17-14-11-8-5-2/h9,12,17-18,20-21,25-28,34,38,44,47,57H,4-8,10-11,13-16,19,22-24,29-33,35-37,39-43,45-46,48-56H2,1-3H3/b12-9-,20-17-,21-18-,27-25-,28-26-,38-34-,47-44-. The molecular weight excluding hydrogens is 789 g/mol. The molecule has 0 heterocycles. The van der Waals surface area contributed by atoms with Crippen molar-refractivity contribution in [3.63, 3.8) is 0 Å². The highest BCUT2D eigenvalue weighted by Gasteiger charge is 2.17. The molecule has 0 fully saturated rings. The van der Waals surface area contributed by atoms with Crippen LogP contribution in [0.25, 0.3) is 0 Å². The van der Waals surface area contributed by atoms with E-state index in [1.807, 2.05) is 6.08 Å². The van der Waals surface area contributed by atoms with Crippen LogP contribution >= 0.6 is 0 Å². The minimum absolute atomic E-state index is 0.0488. The van der Waals surface area contributed by atoms with E-state index in [0.29, 0.717) is 25.9 Å². The van der Waals surface area contributed by atoms with Gasteiger partial charge in [-0.1, -0.05) is 221 Å². The number of unbranched alkanes of at least 4 members (excludes halogenated alkanes) is 24. The first-order valence-corrected chi connectivity index (χ1v) is 27.1. The van der Waals surface area contributed by atoms with Crippen LogP contribution in [0.5, 0.6) is 0 Å². The molecular formula is C59H102O5. The van der Waals surface area contributed by atoms with E-state index in [4.69, 9.17) is 14.2 Å². The summed E-state index contributed by atoms with van der Waals surface area (Å²) in [5.41, 5.74) is 0. The van der Waals surface area contributed by atoms with E-state index in [0.717, 1.165) is 64.2 Å². The van der Waals surface area contributed by atoms with E-state index >= 15 is 0 Å². The molecule has 0 rings (SSSR count). The Bertz CT molecular complexity index is 1190. The van der Waals surface area contributed by atoms with Gasteiger partial charge in [0.05, 0.1) is 6.61 Å². The second-order valence-electron chi connectivity index (χ2n) is 17.7. The third-order valence-electron chi connectivity index (χ3n) is 11.4. The van der Waals surface area contributed by atoms with Gasteiger partial charge in [0.1, 0.15) is 6.61 Å². The predicted octanol–water partition coefficient (Wildman–Crippen LogP) is 18.5. The van der Waals surface area contributed by atoms with Crippen molar-refractivity contribution in [1.82, 2.24) is 0 Å². The Morgan fingerprint density at radius 3 is 1.23 bits per heavy atom. The lowest BCUT2D eigenvalue weighted by Gasteiger charge is -2.18. The lowest BCUT2D eigenvalue weighted by Crippen LogP contribution is -2.30. The summed E-state index contributed by atoms with van der Waals surface area (Å²) in [5.74, 6) is -0.499. The molecule has 0 aromatic heterocycles. The van der Waals surface area contributed by atoms with E-state index in [2.05, 4.69) is 99.8 Å². The van der Waals surface area contributed by atoms with Crippen molar-refractivity contribution in [2.75, 3.05) is 19.8 Å². The van der Waals surface area contributed by atoms with Gasteiger partial charge < -0.3 is 14.2 Å². The molecule has 5 heteroatoms. The maximum absolute atomic E-state index is 12.8. The van der Waals surface area contributed by atoms with Crippen molar-refractivity contribution in [1.29, 1.82) is 0 Å². The fraction of sp³-hybridized carbons (Fsp3) is 0.729. The summed E-state index contributed by atoms with van der Waals surface area (Å²) in [6.45, 7) is 7.60. The number of esters is 2. The highest BCUT2D eigenvalue weighted by atomic mass is 16.6. The summed E-state index contributed by atoms with van der Waals surface area (Å²) in [6.07, 6.45) is 71.8. The molecule has 0 spiro atoms. The summed E-state index contributed by atoms with van der Waals surface area (Å²) in [4.78, 5) is 25.4. The van der Waals surface area contributed by atoms with E-state index in [9.17, 15) is 9.59 Å². The van der Waals surface area contributed by atoms with E-state index in [1.54, 1.807) is 0 Å². The smallest absolute Gasteiger partial charge is 0.306 e. The first kappa shape index (κ1) is 61.1. The molecule has 0 saturated carbocycles. The van der Waals surface area contributed by atoms with Crippen LogP contribution in [0.1, 0.15) is 252 Å². The Labute approximate surface area is 397 Å². The molecule has 0 bridgehead atoms. The molecule has 368 valence electrons. The number of hydrogen-bond acceptors (Lipinski definition) is 5. The number of hydrogen-bond donors (Lipinski definition) is 0. The third-order valence-corrected chi connectivity index (χ3v) is 11.4. The average Bonchev–Trinajstić information content (AvgIpc) is 3.30. The van der Waals surface area contributed by atoms with Crippen LogP contribution in [0.3, 0.4) is 0 Å². The van der Waals surface area contributed by atoms with Crippen molar-refractivity contribution in [3.8, 4) is 0 Å². The van der Waals surface area contributed by atoms with Gasteiger partial charge in [-0.05, 0) is 103 Å². The second-order valence-corrected chi connectivity index (χ2v) is 17.7. The normalized spacial score (nSPS) is 12.9. The van der Waals surface area contributed by atoms with Crippen molar-refractivity contribution in [2.45, 2.75) is 258 Å². The number of allylic oxidation sites excluding steroid dienone is 14. The maximum atomic E-state index is 12.8. The average molecular weight is 891 g/mol. The highest BCUT2D eigenvalue weighted by molar-refractivity contribution is 5.70. The maximum Gasteiger partial charge on any atom is 0.306 e. The zero-order valence-electron chi connectivity index (χ0n) is 42.3. The molecule has 0 N–H and O–H groups in total. The van der Waals surface area contributed by atoms with Gasteiger partial charge >= 0.3 is 11.9 Å². The van der Waals surface area contributed by atoms with Crippen LogP contribution in [-0.2, 0) is 23.8 Å². The number of ether oxygens (including phenoxy) is 3. The first-order valence-electron chi connectivity index (χ1n) is 27.1. The number of rotatable bonds is 49. The molecule has 1 unspecified atom stereocenters. The fourth-order valence-electron chi connectivity index (χ4n) is 7.37. The van der Waals surface area contributed by atoms with Gasteiger partial charge in [0.15, 0.2) is 6.10 Å². The zero-order valence-corrected chi connectivity index (χ0v) is 42.3. The summed E-state index contributed by atoms with van der Waals surface area (Å²) in [5, 5.41) is 0. The lowest BCUT2D eigenvalue weighted by atomic mass is 10.1. The molecule has 0 aromatic rings. The van der Waals surface area contributed by atoms with E-state index in [1.165, 1.54) is 148 Å². The first-order chi connectivity index (χ1) is 31.6. The Morgan fingerprint density at radius 2 is 0.734 bits per heavy atom. The molecule has 0 amide bonds. The van der Waals surface area contributed by atoms with Gasteiger partial charge in [0, 0.05) is 19.4 Å². The minimum Gasteiger partial charge on any atom is -0.462 e. The minimum atomic E-state index is -0.582. The van der Waals surface area contributed by atoms with Crippen LogP contribution in [0.15, 0.2) is 85.1 Å². The Kier molecular flexibility index (Phi) is 51.9. The van der Waals surface area contributed by atoms with Crippen LogP contribution in [0, 0.1) is 0 Å². The van der Waals surface area contributed by atoms with Gasteiger partial charge in [-0.3, -0.25) is 9.59 Å². The van der Waals surface area contributed by atoms with E-state index < -0.39 is 6.10 Å². The molecule has 0 aliphatic heterocycles. The van der Waals surface area contributed by atoms with Crippen molar-refractivity contribution < 1.29 is 23.8 Å². The van der Waals surface area contributed by atoms with Crippen LogP contribution in [0.4, 0.5) is 0 Å². The molecule has 0 saturated heterocycles. The van der Waals surface area contributed by atoms with Gasteiger partial charge in [-0.25, -0.2) is 0 Å². The molecule has 0 radical (unpaired) electrons. The largest absolute Gasteiger partial charge is 0.462 e. The zero-order chi connectivity index (χ0) is 46.3. The van der Waals surface area contributed by atoms with Gasteiger partial charge in [0.25, 0.3) is 0 Å². The lowest BCUT2D eigenvalue weighted by molar-refractivity contribution is -0.162. The van der Waals surface area contributed by atoms with Gasteiger partial charge in [0.2, 0.25) is 0 Å². The summed E-state index contributed by atoms with van der Waals surface area (Å²) in [6, 6.07) is 0. The Hall–Kier alpha value is -2.92. The van der Waals surface area contributed by atoms with Gasteiger partial charge in [-0.15, -0.1) is 0 Å². The fourth-order valence-corrected chi connectivity index (χ4v) is 7.37. The van der Waals surface area contributed by atoms with Gasteiger partial charge in [-0.2, -0.15) is 0 Å². The molecule has 0 aromatic carbocycles. The van der Waals surface area contributed by atoms with Crippen molar-refractivity contribution in [3.05, 3.63) is 85.1 Å². The Morgan fingerprint density at radius 1 is 0.359 bits per heavy atom. The van der Waals surface area contributed by atoms with Crippen molar-refractivity contribution in [2.24, 2.45) is 0 Å². The SMILES string of the molecule is CC/C=C\C/C=C\C/C=C\C/C=C\CCC(=O)OC(COCCCCCCCCCC/C=C\CCCCCCCC)COC(=O)CCCCCCCCC/C=C\C/C=C\CCCCC. The van der Waals surface area contributed by atoms with Crippen LogP contribution in [-0.4, -0.2) is 37.9 Å². The topological polar surface area (TPSA) is 61.8 Å². The van der Waals surface area contributed by atoms with Crippen LogP contribution < -0.4 is 0 Å². The quantitative estimate of drug-likeness (QED) is 0.0346. The second kappa shape index (κ2) is 54.4. The highest BCUT2D eigenvalue weighted by Crippen LogP contribution is 2.14. The molecule has 0 aliphatic carbocycles. The third kappa shape index (κ3) is 51.7. The molecule has 1 atom stereocenters. The molecule has 64 heavy (non-hydrogen) atoms. The summed E-state index contributed by atoms with van der Waals surface area (Å²) < 4.78 is 17.4. The van der Waals surface area contributed by atoms with E-state index in [-0.39, 0.29) is 25.2 Å². The number of carbonyl (C=O) groups is 2. The molecule has 0 aliphatic rings. The summed E-state index contributed by atoms with van der Waals surface area (Å²) in [7, 11) is 0. The number of carbonyl (C=O) groups excluding carboxylic acids is 2. The monoisotopic (exact) mass is 891 g/mol. The van der Waals surface area contributed by atoms with Crippen LogP contribution in [0.2, 0.25) is 0 Å². The summed E-state index contributed by atoms with van der Waals surface area (Å²) >= 11 is 0. The predicted molar refractivity (Wildman–Crippen MR) is 279 cm³/mol. The molecule has 5 nitrogen and oxygen atoms in total.